The Hall–Kier alpha value is -2.09. The van der Waals surface area contributed by atoms with Gasteiger partial charge in [-0.25, -0.2) is 4.39 Å². The Kier molecular flexibility index (Phi) is 2.00. The van der Waals surface area contributed by atoms with Crippen LogP contribution >= 0.6 is 0 Å². The van der Waals surface area contributed by atoms with Crippen LogP contribution in [0.3, 0.4) is 0 Å². The van der Waals surface area contributed by atoms with Crippen LogP contribution < -0.4 is 0 Å². The number of benzene rings is 2. The Bertz CT molecular complexity index is 607. The van der Waals surface area contributed by atoms with E-state index in [1.54, 1.807) is 6.07 Å². The predicted molar refractivity (Wildman–Crippen MR) is 62.5 cm³/mol. The van der Waals surface area contributed by atoms with Gasteiger partial charge < -0.3 is 4.98 Å². The fraction of sp³-hybridized carbons (Fsp3) is 0. The first kappa shape index (κ1) is 9.16. The van der Waals surface area contributed by atoms with E-state index >= 15 is 0 Å². The number of hydrogen-bond donors (Lipinski definition) is 1. The molecular weight excluding hydrogens is 201 g/mol. The number of fused-ring (bicyclic) bond motifs is 1. The Morgan fingerprint density at radius 2 is 2.06 bits per heavy atom. The van der Waals surface area contributed by atoms with E-state index in [0.717, 1.165) is 22.2 Å². The summed E-state index contributed by atoms with van der Waals surface area (Å²) in [7, 11) is 0. The number of halogens is 1. The van der Waals surface area contributed by atoms with Crippen molar-refractivity contribution in [2.24, 2.45) is 0 Å². The van der Waals surface area contributed by atoms with E-state index in [-0.39, 0.29) is 5.82 Å². The highest BCUT2D eigenvalue weighted by atomic mass is 19.1. The van der Waals surface area contributed by atoms with Crippen LogP contribution in [0.5, 0.6) is 0 Å². The van der Waals surface area contributed by atoms with Gasteiger partial charge in [-0.15, -0.1) is 0 Å². The highest BCUT2D eigenvalue weighted by Gasteiger charge is 2.03. The first-order chi connectivity index (χ1) is 7.83. The number of nitrogens with one attached hydrogen (secondary N) is 1. The van der Waals surface area contributed by atoms with Crippen molar-refractivity contribution in [1.29, 1.82) is 0 Å². The number of aromatic nitrogens is 1. The second-order valence-corrected chi connectivity index (χ2v) is 3.71. The largest absolute Gasteiger partial charge is 0.355 e. The molecule has 77 valence electrons. The van der Waals surface area contributed by atoms with Crippen LogP contribution in [0, 0.1) is 11.9 Å². The summed E-state index contributed by atoms with van der Waals surface area (Å²) in [4.78, 5) is 3.24. The van der Waals surface area contributed by atoms with Gasteiger partial charge >= 0.3 is 0 Å². The van der Waals surface area contributed by atoms with Crippen molar-refractivity contribution >= 4 is 10.9 Å². The van der Waals surface area contributed by atoms with Gasteiger partial charge in [-0.05, 0) is 30.3 Å². The minimum atomic E-state index is -0.220. The van der Waals surface area contributed by atoms with Gasteiger partial charge in [0.25, 0.3) is 0 Å². The van der Waals surface area contributed by atoms with Crippen molar-refractivity contribution in [3.63, 3.8) is 0 Å². The van der Waals surface area contributed by atoms with Gasteiger partial charge in [0, 0.05) is 22.2 Å². The van der Waals surface area contributed by atoms with Crippen molar-refractivity contribution in [2.45, 2.75) is 0 Å². The van der Waals surface area contributed by atoms with Gasteiger partial charge in [-0.3, -0.25) is 0 Å². The molecule has 1 heterocycles. The summed E-state index contributed by atoms with van der Waals surface area (Å²) in [5, 5.41) is 1.11. The summed E-state index contributed by atoms with van der Waals surface area (Å²) in [5.74, 6) is -0.220. The van der Waals surface area contributed by atoms with Crippen molar-refractivity contribution in [2.75, 3.05) is 0 Å². The smallest absolute Gasteiger partial charge is 0.123 e. The molecule has 0 unspecified atom stereocenters. The molecule has 0 fully saturated rings. The maximum absolute atomic E-state index is 13.1. The minimum Gasteiger partial charge on any atom is -0.355 e. The SMILES string of the molecule is Fc1cccc(-c2cc3cc[c]cc3[nH]2)c1. The molecule has 0 bridgehead atoms. The molecule has 1 N–H and O–H groups in total. The Morgan fingerprint density at radius 3 is 2.88 bits per heavy atom. The summed E-state index contributed by atoms with van der Waals surface area (Å²) in [6.45, 7) is 0. The predicted octanol–water partition coefficient (Wildman–Crippen LogP) is 3.77. The van der Waals surface area contributed by atoms with Gasteiger partial charge in [-0.1, -0.05) is 24.3 Å². The summed E-state index contributed by atoms with van der Waals surface area (Å²) in [6.07, 6.45) is 0. The lowest BCUT2D eigenvalue weighted by atomic mass is 10.1. The van der Waals surface area contributed by atoms with Crippen LogP contribution in [-0.2, 0) is 0 Å². The lowest BCUT2D eigenvalue weighted by molar-refractivity contribution is 0.628. The van der Waals surface area contributed by atoms with E-state index in [0.29, 0.717) is 0 Å². The van der Waals surface area contributed by atoms with Crippen LogP contribution in [0.1, 0.15) is 0 Å². The second kappa shape index (κ2) is 3.49. The standard InChI is InChI=1S/C14H9FN/c15-12-6-3-5-10(8-12)14-9-11-4-1-2-7-13(11)16-14/h1,3-9,16H. The molecule has 0 aliphatic carbocycles. The third kappa shape index (κ3) is 1.48. The third-order valence-corrected chi connectivity index (χ3v) is 2.60. The molecule has 1 aromatic heterocycles. The third-order valence-electron chi connectivity index (χ3n) is 2.60. The van der Waals surface area contributed by atoms with Crippen LogP contribution in [-0.4, -0.2) is 4.98 Å². The maximum Gasteiger partial charge on any atom is 0.123 e. The molecule has 2 aromatic carbocycles. The molecule has 1 nitrogen and oxygen atoms in total. The molecule has 0 saturated carbocycles. The van der Waals surface area contributed by atoms with Crippen LogP contribution in [0.25, 0.3) is 22.2 Å². The molecule has 1 radical (unpaired) electrons. The summed E-state index contributed by atoms with van der Waals surface area (Å²) in [5.41, 5.74) is 2.80. The first-order valence-electron chi connectivity index (χ1n) is 5.08. The molecule has 0 amide bonds. The van der Waals surface area contributed by atoms with Gasteiger partial charge in [0.2, 0.25) is 0 Å². The molecule has 0 atom stereocenters. The summed E-state index contributed by atoms with van der Waals surface area (Å²) in [6, 6.07) is 17.3. The van der Waals surface area contributed by atoms with Gasteiger partial charge in [-0.2, -0.15) is 0 Å². The van der Waals surface area contributed by atoms with Crippen LogP contribution in [0.2, 0.25) is 0 Å². The van der Waals surface area contributed by atoms with Gasteiger partial charge in [0.1, 0.15) is 5.82 Å². The highest BCUT2D eigenvalue weighted by Crippen LogP contribution is 2.24. The topological polar surface area (TPSA) is 15.8 Å². The van der Waals surface area contributed by atoms with Crippen molar-refractivity contribution in [3.8, 4) is 11.3 Å². The lowest BCUT2D eigenvalue weighted by Gasteiger charge is -1.96. The van der Waals surface area contributed by atoms with Crippen LogP contribution in [0.15, 0.2) is 48.5 Å². The molecular formula is C14H9FN. The van der Waals surface area contributed by atoms with Crippen molar-refractivity contribution in [1.82, 2.24) is 4.98 Å². The quantitative estimate of drug-likeness (QED) is 0.629. The zero-order chi connectivity index (χ0) is 11.0. The molecule has 0 aliphatic rings. The van der Waals surface area contributed by atoms with Crippen molar-refractivity contribution < 1.29 is 4.39 Å². The average Bonchev–Trinajstić information content (AvgIpc) is 2.72. The zero-order valence-corrected chi connectivity index (χ0v) is 8.50. The number of rotatable bonds is 1. The van der Waals surface area contributed by atoms with E-state index in [4.69, 9.17) is 0 Å². The van der Waals surface area contributed by atoms with Gasteiger partial charge in [0.05, 0.1) is 0 Å². The van der Waals surface area contributed by atoms with Gasteiger partial charge in [0.15, 0.2) is 0 Å². The monoisotopic (exact) mass is 210 g/mol. The molecule has 2 heteroatoms. The van der Waals surface area contributed by atoms with E-state index in [9.17, 15) is 4.39 Å². The fourth-order valence-corrected chi connectivity index (χ4v) is 1.82. The number of aromatic amines is 1. The van der Waals surface area contributed by atoms with E-state index in [1.807, 2.05) is 30.3 Å². The van der Waals surface area contributed by atoms with E-state index in [1.165, 1.54) is 12.1 Å². The number of H-pyrrole nitrogens is 1. The molecule has 0 saturated heterocycles. The zero-order valence-electron chi connectivity index (χ0n) is 8.50. The first-order valence-corrected chi connectivity index (χ1v) is 5.08. The Morgan fingerprint density at radius 1 is 1.12 bits per heavy atom. The summed E-state index contributed by atoms with van der Waals surface area (Å²) >= 11 is 0. The van der Waals surface area contributed by atoms with Crippen LogP contribution in [0.4, 0.5) is 4.39 Å². The molecule has 3 aromatic rings. The van der Waals surface area contributed by atoms with E-state index in [2.05, 4.69) is 11.1 Å². The normalized spacial score (nSPS) is 10.8. The van der Waals surface area contributed by atoms with Crippen molar-refractivity contribution in [3.05, 3.63) is 60.4 Å². The minimum absolute atomic E-state index is 0.220. The molecule has 3 rings (SSSR count). The highest BCUT2D eigenvalue weighted by molar-refractivity contribution is 5.85. The fourth-order valence-electron chi connectivity index (χ4n) is 1.82. The molecule has 16 heavy (non-hydrogen) atoms. The maximum atomic E-state index is 13.1. The lowest BCUT2D eigenvalue weighted by Crippen LogP contribution is -1.78. The Labute approximate surface area is 92.5 Å². The molecule has 0 spiro atoms. The van der Waals surface area contributed by atoms with E-state index < -0.39 is 0 Å². The number of hydrogen-bond acceptors (Lipinski definition) is 0. The second-order valence-electron chi connectivity index (χ2n) is 3.71. The average molecular weight is 210 g/mol. The Balaban J connectivity index is 2.19. The summed E-state index contributed by atoms with van der Waals surface area (Å²) < 4.78 is 13.1. The molecule has 0 aliphatic heterocycles.